The minimum Gasteiger partial charge on any atom is -0.472 e. The fraction of sp³-hybridized carbons (Fsp3) is 0.588. The van der Waals surface area contributed by atoms with E-state index in [0.717, 1.165) is 25.1 Å². The van der Waals surface area contributed by atoms with E-state index in [9.17, 15) is 4.79 Å². The van der Waals surface area contributed by atoms with Crippen molar-refractivity contribution in [3.8, 4) is 11.5 Å². The van der Waals surface area contributed by atoms with E-state index in [-0.39, 0.29) is 12.1 Å². The van der Waals surface area contributed by atoms with Gasteiger partial charge in [0.05, 0.1) is 18.4 Å². The summed E-state index contributed by atoms with van der Waals surface area (Å²) in [7, 11) is 1.79. The summed E-state index contributed by atoms with van der Waals surface area (Å²) in [6.45, 7) is 7.81. The van der Waals surface area contributed by atoms with Gasteiger partial charge >= 0.3 is 6.09 Å². The Morgan fingerprint density at radius 2 is 2.28 bits per heavy atom. The van der Waals surface area contributed by atoms with E-state index in [1.54, 1.807) is 30.5 Å². The van der Waals surface area contributed by atoms with Crippen LogP contribution >= 0.6 is 0 Å². The van der Waals surface area contributed by atoms with Crippen molar-refractivity contribution in [3.05, 3.63) is 24.4 Å². The standard InChI is InChI=1S/C17H24N4O4/c1-17(2,3)24-16(22)20(4)13-5-7-21(9-13)10-14-18-15(25-19-14)12-6-8-23-11-12/h6,8,11,13H,5,7,9-10H2,1-4H3. The molecule has 1 aliphatic rings. The van der Waals surface area contributed by atoms with Gasteiger partial charge in [0.1, 0.15) is 11.9 Å². The molecule has 1 atom stereocenters. The number of ether oxygens (including phenoxy) is 1. The molecule has 0 bridgehead atoms. The molecular formula is C17H24N4O4. The molecular weight excluding hydrogens is 324 g/mol. The Balaban J connectivity index is 1.54. The molecule has 8 nitrogen and oxygen atoms in total. The van der Waals surface area contributed by atoms with Crippen LogP contribution in [0.2, 0.25) is 0 Å². The Labute approximate surface area is 146 Å². The number of likely N-dealkylation sites (tertiary alicyclic amines) is 1. The zero-order valence-electron chi connectivity index (χ0n) is 15.1. The summed E-state index contributed by atoms with van der Waals surface area (Å²) in [5.74, 6) is 1.07. The van der Waals surface area contributed by atoms with Crippen molar-refractivity contribution >= 4 is 6.09 Å². The van der Waals surface area contributed by atoms with Gasteiger partial charge in [-0.3, -0.25) is 4.90 Å². The smallest absolute Gasteiger partial charge is 0.410 e. The fourth-order valence-corrected chi connectivity index (χ4v) is 2.78. The summed E-state index contributed by atoms with van der Waals surface area (Å²) in [5.41, 5.74) is 0.278. The molecule has 2 aromatic heterocycles. The summed E-state index contributed by atoms with van der Waals surface area (Å²) in [6, 6.07) is 1.90. The minimum absolute atomic E-state index is 0.120. The first-order valence-corrected chi connectivity index (χ1v) is 8.35. The zero-order valence-corrected chi connectivity index (χ0v) is 15.1. The van der Waals surface area contributed by atoms with Crippen LogP contribution in [-0.2, 0) is 11.3 Å². The molecule has 1 amide bonds. The van der Waals surface area contributed by atoms with Crippen LogP contribution in [0.1, 0.15) is 33.0 Å². The van der Waals surface area contributed by atoms with Gasteiger partial charge in [-0.1, -0.05) is 5.16 Å². The summed E-state index contributed by atoms with van der Waals surface area (Å²) < 4.78 is 15.7. The third-order valence-electron chi connectivity index (χ3n) is 4.08. The van der Waals surface area contributed by atoms with E-state index in [1.807, 2.05) is 20.8 Å². The van der Waals surface area contributed by atoms with Gasteiger partial charge in [-0.2, -0.15) is 4.98 Å². The maximum atomic E-state index is 12.2. The highest BCUT2D eigenvalue weighted by molar-refractivity contribution is 5.68. The maximum absolute atomic E-state index is 12.2. The van der Waals surface area contributed by atoms with Crippen LogP contribution in [0.25, 0.3) is 11.5 Å². The number of hydrogen-bond donors (Lipinski definition) is 0. The summed E-state index contributed by atoms with van der Waals surface area (Å²) in [6.07, 6.45) is 3.74. The molecule has 1 unspecified atom stereocenters. The molecule has 0 saturated carbocycles. The Morgan fingerprint density at radius 3 is 2.96 bits per heavy atom. The van der Waals surface area contributed by atoms with Crippen molar-refractivity contribution in [2.45, 2.75) is 45.4 Å². The van der Waals surface area contributed by atoms with Gasteiger partial charge in [0.15, 0.2) is 5.82 Å². The average molecular weight is 348 g/mol. The number of hydrogen-bond acceptors (Lipinski definition) is 7. The molecule has 1 saturated heterocycles. The quantitative estimate of drug-likeness (QED) is 0.840. The van der Waals surface area contributed by atoms with Gasteiger partial charge in [-0.25, -0.2) is 4.79 Å². The van der Waals surface area contributed by atoms with Crippen LogP contribution in [0, 0.1) is 0 Å². The summed E-state index contributed by atoms with van der Waals surface area (Å²) in [4.78, 5) is 20.4. The predicted octanol–water partition coefficient (Wildman–Crippen LogP) is 2.77. The molecule has 0 radical (unpaired) electrons. The lowest BCUT2D eigenvalue weighted by molar-refractivity contribution is 0.0228. The molecule has 0 aromatic carbocycles. The predicted molar refractivity (Wildman–Crippen MR) is 89.7 cm³/mol. The SMILES string of the molecule is CN(C(=O)OC(C)(C)C)C1CCN(Cc2noc(-c3ccoc3)n2)C1. The fourth-order valence-electron chi connectivity index (χ4n) is 2.78. The van der Waals surface area contributed by atoms with Crippen LogP contribution in [0.5, 0.6) is 0 Å². The largest absolute Gasteiger partial charge is 0.472 e. The van der Waals surface area contributed by atoms with Crippen LogP contribution in [0.3, 0.4) is 0 Å². The lowest BCUT2D eigenvalue weighted by Crippen LogP contribution is -2.42. The number of amides is 1. The molecule has 0 aliphatic carbocycles. The van der Waals surface area contributed by atoms with E-state index < -0.39 is 5.60 Å². The van der Waals surface area contributed by atoms with E-state index in [4.69, 9.17) is 13.7 Å². The summed E-state index contributed by atoms with van der Waals surface area (Å²) in [5, 5.41) is 4.01. The van der Waals surface area contributed by atoms with Gasteiger partial charge in [0.2, 0.25) is 0 Å². The average Bonchev–Trinajstić information content (AvgIpc) is 3.26. The number of likely N-dealkylation sites (N-methyl/N-ethyl adjacent to an activating group) is 1. The van der Waals surface area contributed by atoms with Gasteiger partial charge in [-0.15, -0.1) is 0 Å². The lowest BCUT2D eigenvalue weighted by atomic mass is 10.2. The van der Waals surface area contributed by atoms with Crippen molar-refractivity contribution in [3.63, 3.8) is 0 Å². The van der Waals surface area contributed by atoms with Crippen LogP contribution in [-0.4, -0.2) is 57.8 Å². The lowest BCUT2D eigenvalue weighted by Gasteiger charge is -2.28. The second-order valence-corrected chi connectivity index (χ2v) is 7.30. The number of carbonyl (C=O) groups excluding carboxylic acids is 1. The summed E-state index contributed by atoms with van der Waals surface area (Å²) >= 11 is 0. The number of furan rings is 1. The van der Waals surface area contributed by atoms with Crippen LogP contribution in [0.4, 0.5) is 4.79 Å². The van der Waals surface area contributed by atoms with Crippen LogP contribution < -0.4 is 0 Å². The second kappa shape index (κ2) is 6.87. The highest BCUT2D eigenvalue weighted by Crippen LogP contribution is 2.21. The third kappa shape index (κ3) is 4.39. The van der Waals surface area contributed by atoms with Crippen molar-refractivity contribution < 1.29 is 18.5 Å². The van der Waals surface area contributed by atoms with Crippen molar-refractivity contribution in [1.82, 2.24) is 19.9 Å². The molecule has 25 heavy (non-hydrogen) atoms. The highest BCUT2D eigenvalue weighted by Gasteiger charge is 2.31. The number of carbonyl (C=O) groups is 1. The van der Waals surface area contributed by atoms with Gasteiger partial charge in [-0.05, 0) is 33.3 Å². The number of nitrogens with zero attached hydrogens (tertiary/aromatic N) is 4. The Bertz CT molecular complexity index is 705. The number of rotatable bonds is 4. The monoisotopic (exact) mass is 348 g/mol. The first-order chi connectivity index (χ1) is 11.8. The van der Waals surface area contributed by atoms with Crippen molar-refractivity contribution in [1.29, 1.82) is 0 Å². The first kappa shape index (κ1) is 17.5. The molecule has 1 aliphatic heterocycles. The molecule has 136 valence electrons. The molecule has 1 fully saturated rings. The van der Waals surface area contributed by atoms with Gasteiger partial charge in [0, 0.05) is 26.2 Å². The first-order valence-electron chi connectivity index (χ1n) is 8.35. The molecule has 0 N–H and O–H groups in total. The number of aromatic nitrogens is 2. The van der Waals surface area contributed by atoms with E-state index in [2.05, 4.69) is 15.0 Å². The third-order valence-corrected chi connectivity index (χ3v) is 4.08. The molecule has 0 spiro atoms. The van der Waals surface area contributed by atoms with E-state index in [0.29, 0.717) is 18.3 Å². The Hall–Kier alpha value is -2.35. The minimum atomic E-state index is -0.488. The van der Waals surface area contributed by atoms with Gasteiger partial charge in [0.25, 0.3) is 5.89 Å². The zero-order chi connectivity index (χ0) is 18.0. The second-order valence-electron chi connectivity index (χ2n) is 7.30. The highest BCUT2D eigenvalue weighted by atomic mass is 16.6. The normalized spacial score (nSPS) is 18.5. The topological polar surface area (TPSA) is 84.8 Å². The van der Waals surface area contributed by atoms with E-state index in [1.165, 1.54) is 0 Å². The maximum Gasteiger partial charge on any atom is 0.410 e. The molecule has 3 rings (SSSR count). The molecule has 8 heteroatoms. The van der Waals surface area contributed by atoms with E-state index >= 15 is 0 Å². The van der Waals surface area contributed by atoms with Crippen molar-refractivity contribution in [2.75, 3.05) is 20.1 Å². The van der Waals surface area contributed by atoms with Crippen LogP contribution in [0.15, 0.2) is 27.5 Å². The Kier molecular flexibility index (Phi) is 4.80. The Morgan fingerprint density at radius 1 is 1.48 bits per heavy atom. The molecule has 2 aromatic rings. The molecule has 3 heterocycles. The van der Waals surface area contributed by atoms with Crippen molar-refractivity contribution in [2.24, 2.45) is 0 Å². The van der Waals surface area contributed by atoms with Gasteiger partial charge < -0.3 is 18.6 Å².